The van der Waals surface area contributed by atoms with E-state index in [1.54, 1.807) is 0 Å². The van der Waals surface area contributed by atoms with Gasteiger partial charge in [-0.25, -0.2) is 9.97 Å². The molecule has 1 N–H and O–H groups in total. The average molecular weight is 582 g/mol. The summed E-state index contributed by atoms with van der Waals surface area (Å²) in [5.41, 5.74) is 9.29. The molecule has 7 nitrogen and oxygen atoms in total. The molecule has 0 atom stereocenters. The summed E-state index contributed by atoms with van der Waals surface area (Å²) in [5.74, 6) is 1.56. The first-order valence-electron chi connectivity index (χ1n) is 14.7. The average Bonchev–Trinajstić information content (AvgIpc) is 3.74. The second-order valence-corrected chi connectivity index (χ2v) is 11.6. The van der Waals surface area contributed by atoms with Crippen LogP contribution in [-0.2, 0) is 0 Å². The SMILES string of the molecule is Clc1ccc(-c2ccccc2-c2ccc3cc(-c4nc5cc(-c6nn[nH]n6)ccc5n4C4CCCCC4)ccc3n2)cc1. The van der Waals surface area contributed by atoms with Crippen LogP contribution >= 0.6 is 11.6 Å². The molecule has 0 saturated heterocycles. The van der Waals surface area contributed by atoms with Crippen molar-refractivity contribution in [1.82, 2.24) is 35.2 Å². The first-order chi connectivity index (χ1) is 21.2. The minimum atomic E-state index is 0.422. The number of nitrogens with zero attached hydrogens (tertiary/aromatic N) is 6. The molecule has 4 aromatic carbocycles. The van der Waals surface area contributed by atoms with Crippen LogP contribution in [0.15, 0.2) is 97.1 Å². The number of H-pyrrole nitrogens is 1. The molecule has 1 aliphatic rings. The molecule has 1 fully saturated rings. The second kappa shape index (κ2) is 10.7. The van der Waals surface area contributed by atoms with E-state index < -0.39 is 0 Å². The molecular formula is C35H28ClN7. The molecule has 0 amide bonds. The van der Waals surface area contributed by atoms with Crippen molar-refractivity contribution in [1.29, 1.82) is 0 Å². The molecule has 0 unspecified atom stereocenters. The first-order valence-corrected chi connectivity index (χ1v) is 15.1. The molecule has 0 bridgehead atoms. The fourth-order valence-electron chi connectivity index (χ4n) is 6.44. The van der Waals surface area contributed by atoms with Crippen LogP contribution in [0.3, 0.4) is 0 Å². The maximum Gasteiger partial charge on any atom is 0.204 e. The van der Waals surface area contributed by atoms with Gasteiger partial charge in [-0.15, -0.1) is 10.2 Å². The Bertz CT molecular complexity index is 2070. The van der Waals surface area contributed by atoms with E-state index in [0.29, 0.717) is 11.9 Å². The minimum absolute atomic E-state index is 0.422. The zero-order chi connectivity index (χ0) is 28.8. The van der Waals surface area contributed by atoms with Crippen LogP contribution in [0.4, 0.5) is 0 Å². The third-order valence-corrected chi connectivity index (χ3v) is 8.79. The van der Waals surface area contributed by atoms with E-state index in [2.05, 4.69) is 110 Å². The molecule has 8 rings (SSSR count). The van der Waals surface area contributed by atoms with Gasteiger partial charge in [-0.1, -0.05) is 73.3 Å². The first kappa shape index (κ1) is 25.8. The van der Waals surface area contributed by atoms with Crippen molar-refractivity contribution in [2.45, 2.75) is 38.1 Å². The van der Waals surface area contributed by atoms with Crippen LogP contribution < -0.4 is 0 Å². The van der Waals surface area contributed by atoms with Gasteiger partial charge < -0.3 is 4.57 Å². The van der Waals surface area contributed by atoms with Gasteiger partial charge in [0.25, 0.3) is 0 Å². The van der Waals surface area contributed by atoms with E-state index in [9.17, 15) is 0 Å². The lowest BCUT2D eigenvalue weighted by atomic mass is 9.94. The van der Waals surface area contributed by atoms with Crippen molar-refractivity contribution in [2.24, 2.45) is 0 Å². The summed E-state index contributed by atoms with van der Waals surface area (Å²) < 4.78 is 2.46. The van der Waals surface area contributed by atoms with Crippen molar-refractivity contribution in [2.75, 3.05) is 0 Å². The fraction of sp³-hybridized carbons (Fsp3) is 0.171. The summed E-state index contributed by atoms with van der Waals surface area (Å²) in [6.45, 7) is 0. The van der Waals surface area contributed by atoms with Gasteiger partial charge in [-0.05, 0) is 83.8 Å². The van der Waals surface area contributed by atoms with Crippen LogP contribution in [0.2, 0.25) is 5.02 Å². The smallest absolute Gasteiger partial charge is 0.204 e. The van der Waals surface area contributed by atoms with Crippen LogP contribution in [-0.4, -0.2) is 35.2 Å². The highest BCUT2D eigenvalue weighted by atomic mass is 35.5. The monoisotopic (exact) mass is 581 g/mol. The standard InChI is InChI=1S/C35H28ClN7/c36-26-15-10-22(11-16-26)28-8-4-5-9-29(28)31-18-12-23-20-25(13-17-30(23)37-31)35-38-32-21-24(34-39-41-42-40-34)14-19-33(32)43(35)27-6-2-1-3-7-27/h4-5,8-21,27H,1-3,6-7H2,(H,39,40,41,42). The van der Waals surface area contributed by atoms with Crippen LogP contribution in [0.1, 0.15) is 38.1 Å². The van der Waals surface area contributed by atoms with Crippen LogP contribution in [0.25, 0.3) is 67.1 Å². The molecule has 1 aliphatic carbocycles. The quantitative estimate of drug-likeness (QED) is 0.219. The Labute approximate surface area is 253 Å². The van der Waals surface area contributed by atoms with Crippen LogP contribution in [0, 0.1) is 0 Å². The highest BCUT2D eigenvalue weighted by molar-refractivity contribution is 6.30. The Kier molecular flexibility index (Phi) is 6.45. The highest BCUT2D eigenvalue weighted by Gasteiger charge is 2.23. The number of aromatic nitrogens is 7. The number of fused-ring (bicyclic) bond motifs is 2. The number of nitrogens with one attached hydrogen (secondary N) is 1. The topological polar surface area (TPSA) is 85.2 Å². The third kappa shape index (κ3) is 4.76. The van der Waals surface area contributed by atoms with Crippen molar-refractivity contribution in [3.63, 3.8) is 0 Å². The zero-order valence-electron chi connectivity index (χ0n) is 23.4. The summed E-state index contributed by atoms with van der Waals surface area (Å²) >= 11 is 6.16. The summed E-state index contributed by atoms with van der Waals surface area (Å²) in [5, 5.41) is 16.4. The lowest BCUT2D eigenvalue weighted by Gasteiger charge is -2.25. The van der Waals surface area contributed by atoms with Crippen molar-refractivity contribution in [3.8, 4) is 45.2 Å². The zero-order valence-corrected chi connectivity index (χ0v) is 24.2. The van der Waals surface area contributed by atoms with Gasteiger partial charge in [0.15, 0.2) is 0 Å². The van der Waals surface area contributed by atoms with E-state index in [4.69, 9.17) is 21.6 Å². The number of imidazole rings is 1. The molecule has 43 heavy (non-hydrogen) atoms. The van der Waals surface area contributed by atoms with Gasteiger partial charge in [0, 0.05) is 33.1 Å². The molecule has 0 radical (unpaired) electrons. The van der Waals surface area contributed by atoms with E-state index in [0.717, 1.165) is 79.1 Å². The lowest BCUT2D eigenvalue weighted by Crippen LogP contribution is -2.14. The molecule has 3 heterocycles. The van der Waals surface area contributed by atoms with Gasteiger partial charge >= 0.3 is 0 Å². The van der Waals surface area contributed by atoms with Gasteiger partial charge in [0.05, 0.1) is 22.2 Å². The normalized spacial score (nSPS) is 14.1. The van der Waals surface area contributed by atoms with E-state index in [-0.39, 0.29) is 0 Å². The molecule has 210 valence electrons. The van der Waals surface area contributed by atoms with Gasteiger partial charge in [-0.3, -0.25) is 0 Å². The maximum atomic E-state index is 6.16. The Hall–Kier alpha value is -4.88. The maximum absolute atomic E-state index is 6.16. The number of hydrogen-bond acceptors (Lipinski definition) is 5. The second-order valence-electron chi connectivity index (χ2n) is 11.2. The van der Waals surface area contributed by atoms with Gasteiger partial charge in [-0.2, -0.15) is 5.21 Å². The summed E-state index contributed by atoms with van der Waals surface area (Å²) in [6.07, 6.45) is 6.11. The van der Waals surface area contributed by atoms with Crippen molar-refractivity contribution in [3.05, 3.63) is 102 Å². The number of tetrazole rings is 1. The Morgan fingerprint density at radius 1 is 0.698 bits per heavy atom. The number of halogens is 1. The predicted octanol–water partition coefficient (Wildman–Crippen LogP) is 8.92. The van der Waals surface area contributed by atoms with Gasteiger partial charge in [0.1, 0.15) is 5.82 Å². The molecular weight excluding hydrogens is 554 g/mol. The number of benzene rings is 4. The molecule has 8 heteroatoms. The van der Waals surface area contributed by atoms with E-state index in [1.807, 2.05) is 12.1 Å². The molecule has 1 saturated carbocycles. The minimum Gasteiger partial charge on any atom is -0.321 e. The van der Waals surface area contributed by atoms with Gasteiger partial charge in [0.2, 0.25) is 5.82 Å². The Morgan fingerprint density at radius 2 is 1.49 bits per heavy atom. The predicted molar refractivity (Wildman–Crippen MR) is 172 cm³/mol. The lowest BCUT2D eigenvalue weighted by molar-refractivity contribution is 0.362. The molecule has 0 aliphatic heterocycles. The Balaban J connectivity index is 1.22. The highest BCUT2D eigenvalue weighted by Crippen LogP contribution is 2.38. The third-order valence-electron chi connectivity index (χ3n) is 8.54. The van der Waals surface area contributed by atoms with Crippen molar-refractivity contribution < 1.29 is 0 Å². The van der Waals surface area contributed by atoms with Crippen LogP contribution in [0.5, 0.6) is 0 Å². The van der Waals surface area contributed by atoms with E-state index in [1.165, 1.54) is 19.3 Å². The van der Waals surface area contributed by atoms with E-state index >= 15 is 0 Å². The molecule has 0 spiro atoms. The summed E-state index contributed by atoms with van der Waals surface area (Å²) in [7, 11) is 0. The molecule has 7 aromatic rings. The Morgan fingerprint density at radius 3 is 2.30 bits per heavy atom. The number of aromatic amines is 1. The largest absolute Gasteiger partial charge is 0.321 e. The number of hydrogen-bond donors (Lipinski definition) is 1. The fourth-order valence-corrected chi connectivity index (χ4v) is 6.56. The summed E-state index contributed by atoms with van der Waals surface area (Å²) in [4.78, 5) is 10.3. The number of rotatable bonds is 5. The van der Waals surface area contributed by atoms with Crippen molar-refractivity contribution >= 4 is 33.5 Å². The summed E-state index contributed by atoms with van der Waals surface area (Å²) in [6, 6.07) is 33.8. The molecule has 3 aromatic heterocycles. The number of pyridine rings is 1.